The van der Waals surface area contributed by atoms with E-state index in [1.807, 2.05) is 0 Å². The molecule has 0 unspecified atom stereocenters. The third-order valence-corrected chi connectivity index (χ3v) is 3.06. The van der Waals surface area contributed by atoms with E-state index in [2.05, 4.69) is 28.5 Å². The Morgan fingerprint density at radius 2 is 2.22 bits per heavy atom. The van der Waals surface area contributed by atoms with Gasteiger partial charge in [0.2, 0.25) is 5.82 Å². The number of hydrogen-bond acceptors (Lipinski definition) is 5. The van der Waals surface area contributed by atoms with Gasteiger partial charge in [-0.1, -0.05) is 17.9 Å². The zero-order valence-corrected chi connectivity index (χ0v) is 12.1. The Kier molecular flexibility index (Phi) is 4.57. The Balaban J connectivity index is 2.51. The van der Waals surface area contributed by atoms with Gasteiger partial charge in [-0.15, -0.1) is 0 Å². The van der Waals surface area contributed by atoms with E-state index in [1.165, 1.54) is 12.3 Å². The van der Waals surface area contributed by atoms with Crippen molar-refractivity contribution in [2.45, 2.75) is 6.92 Å². The summed E-state index contributed by atoms with van der Waals surface area (Å²) in [4.78, 5) is 17.6. The molecular formula is C16H11FN4O2. The second-order valence-corrected chi connectivity index (χ2v) is 4.54. The zero-order chi connectivity index (χ0) is 17.0. The van der Waals surface area contributed by atoms with Crippen LogP contribution in [0.15, 0.2) is 29.4 Å². The standard InChI is InChI=1S/C16H11FN4O2/c1-10-3-6-14(21(22)23)15(17)13(10)5-4-11-7-12(8-18)16(19-2)20-9-11/h3,6-9,18H,2H2,1H3. The van der Waals surface area contributed by atoms with Crippen molar-refractivity contribution in [2.75, 3.05) is 0 Å². The highest BCUT2D eigenvalue weighted by atomic mass is 19.1. The van der Waals surface area contributed by atoms with Gasteiger partial charge in [-0.2, -0.15) is 4.39 Å². The molecule has 2 rings (SSSR count). The summed E-state index contributed by atoms with van der Waals surface area (Å²) in [5, 5.41) is 18.1. The van der Waals surface area contributed by atoms with Gasteiger partial charge in [0.05, 0.1) is 10.5 Å². The van der Waals surface area contributed by atoms with Crippen molar-refractivity contribution in [3.8, 4) is 11.8 Å². The summed E-state index contributed by atoms with van der Waals surface area (Å²) in [6, 6.07) is 4.11. The SMILES string of the molecule is C=Nc1ncc(C#Cc2c(C)ccc([N+](=O)[O-])c2F)cc1C=N. The van der Waals surface area contributed by atoms with Crippen LogP contribution >= 0.6 is 0 Å². The second kappa shape index (κ2) is 6.58. The van der Waals surface area contributed by atoms with E-state index < -0.39 is 16.4 Å². The van der Waals surface area contributed by atoms with Gasteiger partial charge < -0.3 is 5.41 Å². The highest BCUT2D eigenvalue weighted by Crippen LogP contribution is 2.23. The fourth-order valence-corrected chi connectivity index (χ4v) is 1.87. The molecule has 0 saturated heterocycles. The number of aromatic nitrogens is 1. The van der Waals surface area contributed by atoms with Crippen LogP contribution in [0.2, 0.25) is 0 Å². The van der Waals surface area contributed by atoms with E-state index in [0.717, 1.165) is 12.3 Å². The molecule has 1 aromatic heterocycles. The van der Waals surface area contributed by atoms with E-state index in [1.54, 1.807) is 13.0 Å². The van der Waals surface area contributed by atoms with Gasteiger partial charge >= 0.3 is 5.69 Å². The number of benzene rings is 1. The van der Waals surface area contributed by atoms with Gasteiger partial charge in [-0.05, 0) is 25.3 Å². The third-order valence-electron chi connectivity index (χ3n) is 3.06. The molecule has 114 valence electrons. The Labute approximate surface area is 131 Å². The Morgan fingerprint density at radius 3 is 2.83 bits per heavy atom. The molecule has 0 fully saturated rings. The maximum Gasteiger partial charge on any atom is 0.306 e. The van der Waals surface area contributed by atoms with Crippen LogP contribution in [0.25, 0.3) is 0 Å². The van der Waals surface area contributed by atoms with Gasteiger partial charge in [-0.25, -0.2) is 9.98 Å². The molecule has 0 amide bonds. The van der Waals surface area contributed by atoms with Crippen molar-refractivity contribution in [2.24, 2.45) is 4.99 Å². The predicted molar refractivity (Wildman–Crippen MR) is 85.1 cm³/mol. The Morgan fingerprint density at radius 1 is 1.48 bits per heavy atom. The number of nitro benzene ring substituents is 1. The molecule has 0 aliphatic heterocycles. The molecule has 1 heterocycles. The Bertz CT molecular complexity index is 882. The van der Waals surface area contributed by atoms with Gasteiger partial charge in [0.15, 0.2) is 5.82 Å². The molecule has 23 heavy (non-hydrogen) atoms. The van der Waals surface area contributed by atoms with Crippen LogP contribution in [0.5, 0.6) is 0 Å². The minimum atomic E-state index is -0.966. The Hall–Kier alpha value is -3.40. The van der Waals surface area contributed by atoms with Gasteiger partial charge in [-0.3, -0.25) is 10.1 Å². The molecule has 0 aliphatic rings. The summed E-state index contributed by atoms with van der Waals surface area (Å²) < 4.78 is 14.1. The molecule has 0 atom stereocenters. The minimum Gasteiger partial charge on any atom is -0.308 e. The molecule has 0 bridgehead atoms. The van der Waals surface area contributed by atoms with Crippen LogP contribution in [0.4, 0.5) is 15.9 Å². The van der Waals surface area contributed by atoms with Crippen molar-refractivity contribution in [1.82, 2.24) is 4.98 Å². The lowest BCUT2D eigenvalue weighted by Crippen LogP contribution is -1.97. The van der Waals surface area contributed by atoms with Crippen LogP contribution in [-0.4, -0.2) is 22.8 Å². The molecule has 0 radical (unpaired) electrons. The number of hydrogen-bond donors (Lipinski definition) is 1. The number of nitrogens with zero attached hydrogens (tertiary/aromatic N) is 3. The molecule has 7 heteroatoms. The summed E-state index contributed by atoms with van der Waals surface area (Å²) in [6.07, 6.45) is 2.47. The van der Waals surface area contributed by atoms with Gasteiger partial charge in [0.25, 0.3) is 0 Å². The predicted octanol–water partition coefficient (Wildman–Crippen LogP) is 3.17. The summed E-state index contributed by atoms with van der Waals surface area (Å²) in [5.74, 6) is 4.61. The van der Waals surface area contributed by atoms with E-state index >= 15 is 0 Å². The van der Waals surface area contributed by atoms with Crippen LogP contribution in [0.1, 0.15) is 22.3 Å². The van der Waals surface area contributed by atoms with Crippen LogP contribution in [-0.2, 0) is 0 Å². The van der Waals surface area contributed by atoms with Crippen LogP contribution in [0.3, 0.4) is 0 Å². The normalized spacial score (nSPS) is 9.65. The number of nitrogens with one attached hydrogen (secondary N) is 1. The maximum atomic E-state index is 14.1. The van der Waals surface area contributed by atoms with Crippen molar-refractivity contribution in [3.05, 3.63) is 62.6 Å². The number of rotatable bonds is 3. The van der Waals surface area contributed by atoms with Crippen LogP contribution in [0, 0.1) is 40.1 Å². The summed E-state index contributed by atoms with van der Waals surface area (Å²) in [6.45, 7) is 4.96. The molecule has 1 N–H and O–H groups in total. The maximum absolute atomic E-state index is 14.1. The first kappa shape index (κ1) is 16.0. The molecular weight excluding hydrogens is 299 g/mol. The number of aliphatic imine (C=N–C) groups is 1. The lowest BCUT2D eigenvalue weighted by atomic mass is 10.1. The lowest BCUT2D eigenvalue weighted by molar-refractivity contribution is -0.387. The van der Waals surface area contributed by atoms with E-state index in [-0.39, 0.29) is 5.56 Å². The smallest absolute Gasteiger partial charge is 0.306 e. The lowest BCUT2D eigenvalue weighted by Gasteiger charge is -2.01. The average Bonchev–Trinajstić information content (AvgIpc) is 2.54. The largest absolute Gasteiger partial charge is 0.308 e. The fourth-order valence-electron chi connectivity index (χ4n) is 1.87. The topological polar surface area (TPSA) is 92.2 Å². The number of pyridine rings is 1. The molecule has 0 saturated carbocycles. The van der Waals surface area contributed by atoms with Gasteiger partial charge in [0.1, 0.15) is 0 Å². The third kappa shape index (κ3) is 3.27. The zero-order valence-electron chi connectivity index (χ0n) is 12.1. The van der Waals surface area contributed by atoms with Gasteiger partial charge in [0, 0.05) is 29.6 Å². The second-order valence-electron chi connectivity index (χ2n) is 4.54. The highest BCUT2D eigenvalue weighted by Gasteiger charge is 2.18. The van der Waals surface area contributed by atoms with E-state index in [0.29, 0.717) is 22.5 Å². The first-order valence-corrected chi connectivity index (χ1v) is 6.40. The number of nitro groups is 1. The molecule has 0 spiro atoms. The van der Waals surface area contributed by atoms with Crippen LogP contribution < -0.4 is 0 Å². The van der Waals surface area contributed by atoms with Crippen molar-refractivity contribution < 1.29 is 9.31 Å². The molecule has 6 nitrogen and oxygen atoms in total. The average molecular weight is 310 g/mol. The number of aryl methyl sites for hydroxylation is 1. The summed E-state index contributed by atoms with van der Waals surface area (Å²) in [7, 11) is 0. The van der Waals surface area contributed by atoms with Crippen molar-refractivity contribution in [3.63, 3.8) is 0 Å². The van der Waals surface area contributed by atoms with Crippen molar-refractivity contribution >= 4 is 24.4 Å². The highest BCUT2D eigenvalue weighted by molar-refractivity contribution is 5.84. The minimum absolute atomic E-state index is 0.0403. The fraction of sp³-hybridized carbons (Fsp3) is 0.0625. The van der Waals surface area contributed by atoms with E-state index in [4.69, 9.17) is 5.41 Å². The quantitative estimate of drug-likeness (QED) is 0.408. The summed E-state index contributed by atoms with van der Waals surface area (Å²) in [5.41, 5.74) is 0.681. The molecule has 0 aliphatic carbocycles. The molecule has 2 aromatic rings. The summed E-state index contributed by atoms with van der Waals surface area (Å²) >= 11 is 0. The number of halogens is 1. The first-order valence-electron chi connectivity index (χ1n) is 6.40. The molecule has 1 aromatic carbocycles. The van der Waals surface area contributed by atoms with E-state index in [9.17, 15) is 14.5 Å². The monoisotopic (exact) mass is 310 g/mol. The van der Waals surface area contributed by atoms with Crippen molar-refractivity contribution in [1.29, 1.82) is 5.41 Å². The first-order chi connectivity index (χ1) is 11.0.